The topological polar surface area (TPSA) is 68.0 Å². The molecular weight excluding hydrogens is 314 g/mol. The van der Waals surface area contributed by atoms with E-state index in [1.165, 1.54) is 11.3 Å². The van der Waals surface area contributed by atoms with Crippen molar-refractivity contribution in [3.8, 4) is 0 Å². The van der Waals surface area contributed by atoms with E-state index in [1.807, 2.05) is 25.1 Å². The van der Waals surface area contributed by atoms with E-state index in [-0.39, 0.29) is 5.91 Å². The van der Waals surface area contributed by atoms with E-state index < -0.39 is 0 Å². The molecule has 0 radical (unpaired) electrons. The molecule has 3 N–H and O–H groups in total. The number of carbonyl (C=O) groups is 1. The first-order valence-corrected chi connectivity index (χ1v) is 7.00. The number of halogens is 1. The van der Waals surface area contributed by atoms with Crippen LogP contribution >= 0.6 is 27.3 Å². The molecule has 0 saturated carbocycles. The minimum Gasteiger partial charge on any atom is -0.325 e. The highest BCUT2D eigenvalue weighted by Gasteiger charge is 2.12. The monoisotopic (exact) mass is 325 g/mol. The molecule has 94 valence electrons. The molecule has 0 unspecified atom stereocenters. The highest BCUT2D eigenvalue weighted by molar-refractivity contribution is 9.10. The Bertz CT molecular complexity index is 582. The third-order valence-electron chi connectivity index (χ3n) is 2.47. The van der Waals surface area contributed by atoms with E-state index in [0.29, 0.717) is 12.2 Å². The summed E-state index contributed by atoms with van der Waals surface area (Å²) >= 11 is 4.82. The van der Waals surface area contributed by atoms with Gasteiger partial charge in [0.1, 0.15) is 10.7 Å². The molecule has 0 bridgehead atoms. The van der Waals surface area contributed by atoms with Crippen LogP contribution < -0.4 is 11.1 Å². The van der Waals surface area contributed by atoms with Crippen LogP contribution in [0.3, 0.4) is 0 Å². The van der Waals surface area contributed by atoms with E-state index in [1.54, 1.807) is 5.38 Å². The summed E-state index contributed by atoms with van der Waals surface area (Å²) in [5.41, 5.74) is 7.63. The molecule has 2 rings (SSSR count). The lowest BCUT2D eigenvalue weighted by atomic mass is 10.2. The Hall–Kier alpha value is -1.24. The third-order valence-corrected chi connectivity index (χ3v) is 4.21. The van der Waals surface area contributed by atoms with Gasteiger partial charge in [0.25, 0.3) is 5.91 Å². The van der Waals surface area contributed by atoms with Gasteiger partial charge in [-0.25, -0.2) is 4.98 Å². The summed E-state index contributed by atoms with van der Waals surface area (Å²) in [6.07, 6.45) is 0. The van der Waals surface area contributed by atoms with Gasteiger partial charge in [-0.3, -0.25) is 4.79 Å². The summed E-state index contributed by atoms with van der Waals surface area (Å²) < 4.78 is 0.959. The van der Waals surface area contributed by atoms with Gasteiger partial charge in [-0.1, -0.05) is 22.0 Å². The molecule has 0 spiro atoms. The molecule has 0 saturated heterocycles. The molecule has 1 amide bonds. The van der Waals surface area contributed by atoms with Crippen molar-refractivity contribution in [3.63, 3.8) is 0 Å². The number of rotatable bonds is 3. The largest absolute Gasteiger partial charge is 0.325 e. The Labute approximate surface area is 117 Å². The normalized spacial score (nSPS) is 10.4. The van der Waals surface area contributed by atoms with Crippen molar-refractivity contribution < 1.29 is 4.79 Å². The number of hydrogen-bond donors (Lipinski definition) is 2. The maximum atomic E-state index is 12.0. The molecule has 1 heterocycles. The number of carbonyl (C=O) groups excluding carboxylic acids is 1. The van der Waals surface area contributed by atoms with Gasteiger partial charge in [0.05, 0.1) is 0 Å². The first-order chi connectivity index (χ1) is 8.61. The summed E-state index contributed by atoms with van der Waals surface area (Å²) in [4.78, 5) is 16.1. The standard InChI is InChI=1S/C12H12BrN3OS/c1-7-8(13)3-2-4-9(7)16-12(17)10-6-18-11(5-14)15-10/h2-4,6H,5,14H2,1H3,(H,16,17). The van der Waals surface area contributed by atoms with Gasteiger partial charge in [0.15, 0.2) is 0 Å². The Morgan fingerprint density at radius 3 is 3.00 bits per heavy atom. The Kier molecular flexibility index (Phi) is 4.11. The number of nitrogens with zero attached hydrogens (tertiary/aromatic N) is 1. The van der Waals surface area contributed by atoms with Crippen LogP contribution in [-0.2, 0) is 6.54 Å². The van der Waals surface area contributed by atoms with Gasteiger partial charge >= 0.3 is 0 Å². The second kappa shape index (κ2) is 5.60. The van der Waals surface area contributed by atoms with Crippen LogP contribution in [0.1, 0.15) is 21.1 Å². The second-order valence-electron chi connectivity index (χ2n) is 3.70. The van der Waals surface area contributed by atoms with Crippen LogP contribution in [0.5, 0.6) is 0 Å². The van der Waals surface area contributed by atoms with Crippen LogP contribution in [0, 0.1) is 6.92 Å². The fraction of sp³-hybridized carbons (Fsp3) is 0.167. The number of nitrogens with two attached hydrogens (primary N) is 1. The zero-order chi connectivity index (χ0) is 13.1. The molecule has 0 aliphatic heterocycles. The summed E-state index contributed by atoms with van der Waals surface area (Å²) in [7, 11) is 0. The number of amides is 1. The molecule has 6 heteroatoms. The second-order valence-corrected chi connectivity index (χ2v) is 5.49. The van der Waals surface area contributed by atoms with E-state index in [4.69, 9.17) is 5.73 Å². The lowest BCUT2D eigenvalue weighted by Gasteiger charge is -2.08. The highest BCUT2D eigenvalue weighted by Crippen LogP contribution is 2.24. The average molecular weight is 326 g/mol. The Morgan fingerprint density at radius 2 is 2.33 bits per heavy atom. The number of thiazole rings is 1. The molecule has 18 heavy (non-hydrogen) atoms. The van der Waals surface area contributed by atoms with Crippen LogP contribution in [0.15, 0.2) is 28.1 Å². The van der Waals surface area contributed by atoms with Crippen LogP contribution in [0.4, 0.5) is 5.69 Å². The van der Waals surface area contributed by atoms with E-state index >= 15 is 0 Å². The predicted molar refractivity (Wildman–Crippen MR) is 76.8 cm³/mol. The SMILES string of the molecule is Cc1c(Br)cccc1NC(=O)c1csc(CN)n1. The maximum absolute atomic E-state index is 12.0. The first kappa shape index (κ1) is 13.2. The zero-order valence-electron chi connectivity index (χ0n) is 9.74. The number of anilines is 1. The Morgan fingerprint density at radius 1 is 1.56 bits per heavy atom. The van der Waals surface area contributed by atoms with Crippen molar-refractivity contribution in [2.45, 2.75) is 13.5 Å². The predicted octanol–water partition coefficient (Wildman–Crippen LogP) is 2.93. The summed E-state index contributed by atoms with van der Waals surface area (Å²) in [5, 5.41) is 5.31. The number of nitrogens with one attached hydrogen (secondary N) is 1. The van der Waals surface area contributed by atoms with Crippen molar-refractivity contribution in [2.24, 2.45) is 5.73 Å². The molecular formula is C12H12BrN3OS. The maximum Gasteiger partial charge on any atom is 0.275 e. The quantitative estimate of drug-likeness (QED) is 0.911. The fourth-order valence-electron chi connectivity index (χ4n) is 1.44. The van der Waals surface area contributed by atoms with Crippen LogP contribution in [0.25, 0.3) is 0 Å². The summed E-state index contributed by atoms with van der Waals surface area (Å²) in [5.74, 6) is -0.216. The van der Waals surface area contributed by atoms with Crippen LogP contribution in [-0.4, -0.2) is 10.9 Å². The van der Waals surface area contributed by atoms with Crippen molar-refractivity contribution in [1.82, 2.24) is 4.98 Å². The average Bonchev–Trinajstić information content (AvgIpc) is 2.83. The van der Waals surface area contributed by atoms with Gasteiger partial charge in [-0.2, -0.15) is 0 Å². The third kappa shape index (κ3) is 2.77. The van der Waals surface area contributed by atoms with Crippen molar-refractivity contribution in [1.29, 1.82) is 0 Å². The number of hydrogen-bond acceptors (Lipinski definition) is 4. The Balaban J connectivity index is 2.18. The molecule has 0 aliphatic carbocycles. The van der Waals surface area contributed by atoms with Crippen molar-refractivity contribution in [2.75, 3.05) is 5.32 Å². The molecule has 0 atom stereocenters. The number of benzene rings is 1. The van der Waals surface area contributed by atoms with Gasteiger partial charge in [-0.15, -0.1) is 11.3 Å². The van der Waals surface area contributed by atoms with Crippen molar-refractivity contribution >= 4 is 38.9 Å². The molecule has 0 fully saturated rings. The van der Waals surface area contributed by atoms with Crippen LogP contribution in [0.2, 0.25) is 0 Å². The highest BCUT2D eigenvalue weighted by atomic mass is 79.9. The van der Waals surface area contributed by atoms with Gasteiger partial charge in [0, 0.05) is 22.1 Å². The molecule has 1 aromatic carbocycles. The van der Waals surface area contributed by atoms with Gasteiger partial charge in [0.2, 0.25) is 0 Å². The zero-order valence-corrected chi connectivity index (χ0v) is 12.1. The summed E-state index contributed by atoms with van der Waals surface area (Å²) in [6.45, 7) is 2.29. The fourth-order valence-corrected chi connectivity index (χ4v) is 2.46. The minimum absolute atomic E-state index is 0.216. The lowest BCUT2D eigenvalue weighted by Crippen LogP contribution is -2.13. The van der Waals surface area contributed by atoms with E-state index in [0.717, 1.165) is 20.7 Å². The lowest BCUT2D eigenvalue weighted by molar-refractivity contribution is 0.102. The molecule has 4 nitrogen and oxygen atoms in total. The molecule has 2 aromatic rings. The minimum atomic E-state index is -0.216. The van der Waals surface area contributed by atoms with E-state index in [2.05, 4.69) is 26.2 Å². The number of aromatic nitrogens is 1. The first-order valence-electron chi connectivity index (χ1n) is 5.32. The van der Waals surface area contributed by atoms with Gasteiger partial charge < -0.3 is 11.1 Å². The van der Waals surface area contributed by atoms with E-state index in [9.17, 15) is 4.79 Å². The smallest absolute Gasteiger partial charge is 0.275 e. The van der Waals surface area contributed by atoms with Gasteiger partial charge in [-0.05, 0) is 24.6 Å². The molecule has 0 aliphatic rings. The molecule has 1 aromatic heterocycles. The van der Waals surface area contributed by atoms with Crippen molar-refractivity contribution in [3.05, 3.63) is 44.3 Å². The summed E-state index contributed by atoms with van der Waals surface area (Å²) in [6, 6.07) is 5.66.